The van der Waals surface area contributed by atoms with Crippen LogP contribution in [0.4, 0.5) is 0 Å². The minimum absolute atomic E-state index is 0.0565. The first kappa shape index (κ1) is 24.5. The number of benzene rings is 1. The molecule has 5 rings (SSSR count). The number of hydrogen-bond donors (Lipinski definition) is 1. The number of nitrogens with zero attached hydrogens (tertiary/aromatic N) is 2. The zero-order valence-electron chi connectivity index (χ0n) is 21.6. The molecule has 2 aliphatic carbocycles. The van der Waals surface area contributed by atoms with Gasteiger partial charge in [-0.15, -0.1) is 0 Å². The van der Waals surface area contributed by atoms with E-state index in [1.807, 2.05) is 6.07 Å². The first-order chi connectivity index (χ1) is 17.3. The standard InChI is InChI=1S/C29H35N3O4/c1-16(2)23-12-19(14-26-30-24-10-9-18(29(35)36-4)13-25(24)31-26)17(3)11-20(23)15-32-27(33)21-7-5-6-8-22(21)28(32)34/h9-11,13,16,19-20,23H,5-8,12,14-15H2,1-4H3,(H,30,31)/t19-,20-,23-/m0/s1. The summed E-state index contributed by atoms with van der Waals surface area (Å²) >= 11 is 0. The molecule has 2 aromatic rings. The number of nitrogens with one attached hydrogen (secondary N) is 1. The third-order valence-corrected chi connectivity index (χ3v) is 8.34. The van der Waals surface area contributed by atoms with Crippen molar-refractivity contribution < 1.29 is 19.1 Å². The van der Waals surface area contributed by atoms with Gasteiger partial charge in [0.1, 0.15) is 5.82 Å². The summed E-state index contributed by atoms with van der Waals surface area (Å²) in [4.78, 5) is 47.6. The Morgan fingerprint density at radius 1 is 1.17 bits per heavy atom. The Kier molecular flexibility index (Phi) is 6.58. The van der Waals surface area contributed by atoms with Crippen molar-refractivity contribution in [1.29, 1.82) is 0 Å². The Balaban J connectivity index is 1.34. The Hall–Kier alpha value is -3.22. The fourth-order valence-corrected chi connectivity index (χ4v) is 6.29. The minimum atomic E-state index is -0.365. The highest BCUT2D eigenvalue weighted by atomic mass is 16.5. The molecule has 1 aliphatic heterocycles. The number of ether oxygens (including phenoxy) is 1. The number of esters is 1. The van der Waals surface area contributed by atoms with E-state index in [0.29, 0.717) is 29.9 Å². The van der Waals surface area contributed by atoms with Gasteiger partial charge in [-0.2, -0.15) is 0 Å². The number of aromatic amines is 1. The number of imidazole rings is 1. The molecule has 1 N–H and O–H groups in total. The molecule has 1 aromatic heterocycles. The average molecular weight is 490 g/mol. The molecule has 36 heavy (non-hydrogen) atoms. The molecule has 7 nitrogen and oxygen atoms in total. The molecule has 0 saturated heterocycles. The zero-order valence-corrected chi connectivity index (χ0v) is 21.6. The summed E-state index contributed by atoms with van der Waals surface area (Å²) in [6.45, 7) is 7.09. The minimum Gasteiger partial charge on any atom is -0.465 e. The van der Waals surface area contributed by atoms with Crippen LogP contribution in [0.15, 0.2) is 41.0 Å². The van der Waals surface area contributed by atoms with Gasteiger partial charge in [0.05, 0.1) is 23.7 Å². The molecule has 190 valence electrons. The lowest BCUT2D eigenvalue weighted by atomic mass is 9.69. The smallest absolute Gasteiger partial charge is 0.337 e. The molecule has 7 heteroatoms. The van der Waals surface area contributed by atoms with Crippen molar-refractivity contribution in [3.8, 4) is 0 Å². The average Bonchev–Trinajstić information content (AvgIpc) is 3.38. The van der Waals surface area contributed by atoms with Crippen molar-refractivity contribution in [2.75, 3.05) is 13.7 Å². The molecule has 2 amide bonds. The van der Waals surface area contributed by atoms with Crippen LogP contribution >= 0.6 is 0 Å². The number of imide groups is 1. The molecule has 3 atom stereocenters. The van der Waals surface area contributed by atoms with Crippen LogP contribution in [0, 0.1) is 23.7 Å². The molecular weight excluding hydrogens is 454 g/mol. The number of hydrogen-bond acceptors (Lipinski definition) is 5. The summed E-state index contributed by atoms with van der Waals surface area (Å²) in [6, 6.07) is 5.36. The zero-order chi connectivity index (χ0) is 25.6. The van der Waals surface area contributed by atoms with E-state index in [1.165, 1.54) is 17.6 Å². The highest BCUT2D eigenvalue weighted by Gasteiger charge is 2.41. The number of amides is 2. The van der Waals surface area contributed by atoms with Crippen molar-refractivity contribution in [2.24, 2.45) is 23.7 Å². The summed E-state index contributed by atoms with van der Waals surface area (Å²) in [5.41, 5.74) is 4.97. The number of rotatable bonds is 6. The summed E-state index contributed by atoms with van der Waals surface area (Å²) in [7, 11) is 1.38. The van der Waals surface area contributed by atoms with Gasteiger partial charge in [0.2, 0.25) is 0 Å². The number of methoxy groups -OCH3 is 1. The highest BCUT2D eigenvalue weighted by Crippen LogP contribution is 2.41. The van der Waals surface area contributed by atoms with Crippen molar-refractivity contribution in [3.05, 3.63) is 52.4 Å². The maximum atomic E-state index is 13.0. The molecule has 0 spiro atoms. The lowest BCUT2D eigenvalue weighted by Gasteiger charge is -2.38. The second kappa shape index (κ2) is 9.68. The molecule has 0 bridgehead atoms. The first-order valence-corrected chi connectivity index (χ1v) is 13.1. The second-order valence-electron chi connectivity index (χ2n) is 10.9. The van der Waals surface area contributed by atoms with Gasteiger partial charge in [-0.25, -0.2) is 9.78 Å². The molecule has 2 heterocycles. The summed E-state index contributed by atoms with van der Waals surface area (Å²) < 4.78 is 4.83. The fraction of sp³-hybridized carbons (Fsp3) is 0.517. The van der Waals surface area contributed by atoms with Gasteiger partial charge < -0.3 is 9.72 Å². The molecule has 1 aromatic carbocycles. The lowest BCUT2D eigenvalue weighted by Crippen LogP contribution is -2.40. The van der Waals surface area contributed by atoms with Gasteiger partial charge in [0.15, 0.2) is 0 Å². The maximum absolute atomic E-state index is 13.0. The molecule has 0 radical (unpaired) electrons. The van der Waals surface area contributed by atoms with Gasteiger partial charge in [-0.1, -0.05) is 25.5 Å². The van der Waals surface area contributed by atoms with Crippen LogP contribution in [0.3, 0.4) is 0 Å². The number of aromatic nitrogens is 2. The van der Waals surface area contributed by atoms with Crippen LogP contribution in [0.5, 0.6) is 0 Å². The predicted molar refractivity (Wildman–Crippen MR) is 137 cm³/mol. The predicted octanol–water partition coefficient (Wildman–Crippen LogP) is 4.99. The molecule has 0 saturated carbocycles. The largest absolute Gasteiger partial charge is 0.465 e. The van der Waals surface area contributed by atoms with E-state index in [4.69, 9.17) is 9.72 Å². The summed E-state index contributed by atoms with van der Waals surface area (Å²) in [5.74, 6) is 1.70. The third-order valence-electron chi connectivity index (χ3n) is 8.34. The Bertz CT molecular complexity index is 1260. The topological polar surface area (TPSA) is 92.4 Å². The van der Waals surface area contributed by atoms with E-state index < -0.39 is 0 Å². The van der Waals surface area contributed by atoms with E-state index in [2.05, 4.69) is 31.8 Å². The van der Waals surface area contributed by atoms with E-state index in [-0.39, 0.29) is 23.7 Å². The monoisotopic (exact) mass is 489 g/mol. The highest BCUT2D eigenvalue weighted by molar-refractivity contribution is 6.19. The number of carbonyl (C=O) groups is 3. The van der Waals surface area contributed by atoms with Crippen LogP contribution in [-0.2, 0) is 20.7 Å². The second-order valence-corrected chi connectivity index (χ2v) is 10.9. The lowest BCUT2D eigenvalue weighted by molar-refractivity contribution is -0.138. The Morgan fingerprint density at radius 3 is 2.50 bits per heavy atom. The fourth-order valence-electron chi connectivity index (χ4n) is 6.29. The van der Waals surface area contributed by atoms with Crippen LogP contribution < -0.4 is 0 Å². The Labute approximate surface area is 212 Å². The maximum Gasteiger partial charge on any atom is 0.337 e. The van der Waals surface area contributed by atoms with E-state index in [1.54, 1.807) is 12.1 Å². The van der Waals surface area contributed by atoms with Gasteiger partial charge in [0, 0.05) is 24.1 Å². The molecule has 3 aliphatic rings. The van der Waals surface area contributed by atoms with Gasteiger partial charge in [-0.05, 0) is 80.9 Å². The van der Waals surface area contributed by atoms with Crippen LogP contribution in [0.1, 0.15) is 69.1 Å². The van der Waals surface area contributed by atoms with Crippen molar-refractivity contribution in [3.63, 3.8) is 0 Å². The first-order valence-electron chi connectivity index (χ1n) is 13.1. The van der Waals surface area contributed by atoms with E-state index >= 15 is 0 Å². The van der Waals surface area contributed by atoms with Crippen molar-refractivity contribution in [1.82, 2.24) is 14.9 Å². The van der Waals surface area contributed by atoms with Crippen LogP contribution in [-0.4, -0.2) is 46.3 Å². The van der Waals surface area contributed by atoms with Gasteiger partial charge in [-0.3, -0.25) is 14.5 Å². The Morgan fingerprint density at radius 2 is 1.86 bits per heavy atom. The van der Waals surface area contributed by atoms with Crippen LogP contribution in [0.2, 0.25) is 0 Å². The van der Waals surface area contributed by atoms with E-state index in [9.17, 15) is 14.4 Å². The summed E-state index contributed by atoms with van der Waals surface area (Å²) in [5, 5.41) is 0. The molecule has 0 fully saturated rings. The molecular formula is C29H35N3O4. The summed E-state index contributed by atoms with van der Waals surface area (Å²) in [6.07, 6.45) is 7.53. The van der Waals surface area contributed by atoms with Gasteiger partial charge in [0.25, 0.3) is 11.8 Å². The number of fused-ring (bicyclic) bond motifs is 1. The quantitative estimate of drug-likeness (QED) is 0.351. The SMILES string of the molecule is COC(=O)c1ccc2nc(C[C@@H]3C[C@@H](C(C)C)[C@H](CN4C(=O)C5=C(CCCC5)C4=O)C=C3C)[nH]c2c1. The number of H-pyrrole nitrogens is 1. The third kappa shape index (κ3) is 4.40. The number of allylic oxidation sites excluding steroid dienone is 1. The van der Waals surface area contributed by atoms with Gasteiger partial charge >= 0.3 is 5.97 Å². The number of carbonyl (C=O) groups excluding carboxylic acids is 3. The normalized spacial score (nSPS) is 24.5. The molecule has 0 unspecified atom stereocenters. The van der Waals surface area contributed by atoms with E-state index in [0.717, 1.165) is 66.5 Å². The van der Waals surface area contributed by atoms with Crippen molar-refractivity contribution in [2.45, 2.75) is 59.3 Å². The van der Waals surface area contributed by atoms with Crippen molar-refractivity contribution >= 4 is 28.8 Å². The van der Waals surface area contributed by atoms with Crippen LogP contribution in [0.25, 0.3) is 11.0 Å².